The van der Waals surface area contributed by atoms with E-state index in [1.807, 2.05) is 0 Å². The molecule has 170 valence electrons. The molecule has 0 aliphatic heterocycles. The molecule has 0 bridgehead atoms. The molecule has 0 unspecified atom stereocenters. The molecule has 0 saturated heterocycles. The Morgan fingerprint density at radius 2 is 1.88 bits per heavy atom. The van der Waals surface area contributed by atoms with Gasteiger partial charge in [-0.3, -0.25) is 9.78 Å². The molecule has 2 aliphatic carbocycles. The SMILES string of the molecule is COc1cc(F)c(-c2ccc(F)c3c2CC[C@H]3Nc2cnc([C@H]3C[C@@H]3C(=O)O)cn2)c(F)c1. The van der Waals surface area contributed by atoms with Gasteiger partial charge in [-0.1, -0.05) is 6.07 Å². The van der Waals surface area contributed by atoms with E-state index < -0.39 is 35.4 Å². The van der Waals surface area contributed by atoms with Crippen LogP contribution in [0.4, 0.5) is 19.0 Å². The van der Waals surface area contributed by atoms with Crippen LogP contribution in [0.15, 0.2) is 36.7 Å². The number of methoxy groups -OCH3 is 1. The number of rotatable bonds is 6. The number of carboxylic acid groups (broad SMARTS) is 1. The molecule has 2 N–H and O–H groups in total. The van der Waals surface area contributed by atoms with Crippen molar-refractivity contribution in [3.63, 3.8) is 0 Å². The summed E-state index contributed by atoms with van der Waals surface area (Å²) in [5, 5.41) is 12.2. The molecule has 3 atom stereocenters. The number of nitrogens with zero attached hydrogens (tertiary/aromatic N) is 2. The van der Waals surface area contributed by atoms with Crippen molar-refractivity contribution in [2.75, 3.05) is 12.4 Å². The van der Waals surface area contributed by atoms with Crippen molar-refractivity contribution in [3.8, 4) is 16.9 Å². The largest absolute Gasteiger partial charge is 0.497 e. The molecule has 0 radical (unpaired) electrons. The van der Waals surface area contributed by atoms with Crippen molar-refractivity contribution in [3.05, 3.63) is 70.9 Å². The summed E-state index contributed by atoms with van der Waals surface area (Å²) < 4.78 is 49.1. The van der Waals surface area contributed by atoms with Crippen LogP contribution < -0.4 is 10.1 Å². The van der Waals surface area contributed by atoms with Crippen LogP contribution in [0.25, 0.3) is 11.1 Å². The first kappa shape index (κ1) is 21.2. The van der Waals surface area contributed by atoms with Gasteiger partial charge in [-0.15, -0.1) is 0 Å². The number of halogens is 3. The van der Waals surface area contributed by atoms with E-state index in [9.17, 15) is 18.0 Å². The zero-order chi connectivity index (χ0) is 23.3. The Labute approximate surface area is 187 Å². The number of carboxylic acids is 1. The van der Waals surface area contributed by atoms with Crippen LogP contribution in [0.5, 0.6) is 5.75 Å². The summed E-state index contributed by atoms with van der Waals surface area (Å²) in [6.45, 7) is 0. The highest BCUT2D eigenvalue weighted by Gasteiger charge is 2.45. The molecule has 3 aromatic rings. The summed E-state index contributed by atoms with van der Waals surface area (Å²) in [7, 11) is 1.32. The van der Waals surface area contributed by atoms with E-state index in [0.29, 0.717) is 47.5 Å². The highest BCUT2D eigenvalue weighted by Crippen LogP contribution is 2.47. The van der Waals surface area contributed by atoms with Crippen molar-refractivity contribution < 1.29 is 27.8 Å². The molecule has 0 spiro atoms. The smallest absolute Gasteiger partial charge is 0.307 e. The monoisotopic (exact) mass is 455 g/mol. The summed E-state index contributed by atoms with van der Waals surface area (Å²) in [5.74, 6) is -2.95. The van der Waals surface area contributed by atoms with Crippen molar-refractivity contribution in [1.82, 2.24) is 9.97 Å². The van der Waals surface area contributed by atoms with Gasteiger partial charge in [0.1, 0.15) is 29.0 Å². The van der Waals surface area contributed by atoms with Gasteiger partial charge in [0.05, 0.1) is 42.7 Å². The lowest BCUT2D eigenvalue weighted by Crippen LogP contribution is -2.11. The fourth-order valence-corrected chi connectivity index (χ4v) is 4.60. The van der Waals surface area contributed by atoms with Gasteiger partial charge in [0, 0.05) is 23.6 Å². The third-order valence-corrected chi connectivity index (χ3v) is 6.34. The zero-order valence-electron chi connectivity index (χ0n) is 17.6. The number of aliphatic carboxylic acids is 1. The number of aromatic nitrogens is 2. The van der Waals surface area contributed by atoms with Crippen molar-refractivity contribution in [2.45, 2.75) is 31.2 Å². The lowest BCUT2D eigenvalue weighted by molar-refractivity contribution is -0.138. The Morgan fingerprint density at radius 3 is 2.48 bits per heavy atom. The first-order valence-electron chi connectivity index (χ1n) is 10.5. The molecular formula is C24H20F3N3O3. The van der Waals surface area contributed by atoms with Crippen LogP contribution in [0.1, 0.15) is 41.6 Å². The molecule has 1 saturated carbocycles. The van der Waals surface area contributed by atoms with Gasteiger partial charge in [-0.05, 0) is 36.5 Å². The van der Waals surface area contributed by atoms with Gasteiger partial charge >= 0.3 is 5.97 Å². The van der Waals surface area contributed by atoms with Crippen LogP contribution in [0.3, 0.4) is 0 Å². The standard InChI is InChI=1S/C24H20F3N3O3/c1-33-11-6-17(26)22(18(27)7-11)12-2-4-16(25)23-13(12)3-5-19(23)30-21-10-28-20(9-29-21)14-8-15(14)24(31)32/h2,4,6-7,9-10,14-15,19H,3,5,8H2,1H3,(H,29,30)(H,31,32)/t14-,15-,19+/m0/s1. The Balaban J connectivity index is 1.42. The Morgan fingerprint density at radius 1 is 1.12 bits per heavy atom. The maximum atomic E-state index is 14.8. The highest BCUT2D eigenvalue weighted by atomic mass is 19.1. The lowest BCUT2D eigenvalue weighted by atomic mass is 9.95. The van der Waals surface area contributed by atoms with Crippen LogP contribution in [0, 0.1) is 23.4 Å². The predicted molar refractivity (Wildman–Crippen MR) is 114 cm³/mol. The molecule has 1 aromatic heterocycles. The van der Waals surface area contributed by atoms with Crippen LogP contribution >= 0.6 is 0 Å². The normalized spacial score (nSPS) is 20.9. The maximum Gasteiger partial charge on any atom is 0.307 e. The average molecular weight is 455 g/mol. The van der Waals surface area contributed by atoms with Crippen molar-refractivity contribution >= 4 is 11.8 Å². The molecular weight excluding hydrogens is 435 g/mol. The van der Waals surface area contributed by atoms with Crippen LogP contribution in [-0.2, 0) is 11.2 Å². The van der Waals surface area contributed by atoms with E-state index >= 15 is 0 Å². The van der Waals surface area contributed by atoms with E-state index in [1.165, 1.54) is 31.6 Å². The second-order valence-corrected chi connectivity index (χ2v) is 8.30. The molecule has 1 fully saturated rings. The van der Waals surface area contributed by atoms with E-state index in [0.717, 1.165) is 12.1 Å². The Hall–Kier alpha value is -3.62. The fraction of sp³-hybridized carbons (Fsp3) is 0.292. The van der Waals surface area contributed by atoms with Gasteiger partial charge < -0.3 is 15.2 Å². The summed E-state index contributed by atoms with van der Waals surface area (Å²) in [6.07, 6.45) is 4.50. The highest BCUT2D eigenvalue weighted by molar-refractivity contribution is 5.75. The second-order valence-electron chi connectivity index (χ2n) is 8.30. The third-order valence-electron chi connectivity index (χ3n) is 6.34. The number of hydrogen-bond donors (Lipinski definition) is 2. The number of ether oxygens (including phenoxy) is 1. The predicted octanol–water partition coefficient (Wildman–Crippen LogP) is 4.86. The fourth-order valence-electron chi connectivity index (χ4n) is 4.60. The van der Waals surface area contributed by atoms with Gasteiger partial charge in [-0.25, -0.2) is 18.2 Å². The van der Waals surface area contributed by atoms with E-state index in [4.69, 9.17) is 9.84 Å². The van der Waals surface area contributed by atoms with E-state index in [2.05, 4.69) is 15.3 Å². The molecule has 5 rings (SSSR count). The summed E-state index contributed by atoms with van der Waals surface area (Å²) in [6, 6.07) is 4.37. The average Bonchev–Trinajstić information content (AvgIpc) is 3.49. The molecule has 0 amide bonds. The quantitative estimate of drug-likeness (QED) is 0.553. The number of anilines is 1. The van der Waals surface area contributed by atoms with Crippen LogP contribution in [0.2, 0.25) is 0 Å². The number of fused-ring (bicyclic) bond motifs is 1. The maximum absolute atomic E-state index is 14.8. The first-order chi connectivity index (χ1) is 15.9. The first-order valence-corrected chi connectivity index (χ1v) is 10.5. The topological polar surface area (TPSA) is 84.3 Å². The molecule has 33 heavy (non-hydrogen) atoms. The van der Waals surface area contributed by atoms with Gasteiger partial charge in [0.2, 0.25) is 0 Å². The third kappa shape index (κ3) is 3.77. The Bertz CT molecular complexity index is 1230. The Kier molecular flexibility index (Phi) is 5.19. The van der Waals surface area contributed by atoms with Gasteiger partial charge in [-0.2, -0.15) is 0 Å². The number of carbonyl (C=O) groups is 1. The minimum atomic E-state index is -0.845. The number of benzene rings is 2. The van der Waals surface area contributed by atoms with Gasteiger partial charge in [0.15, 0.2) is 0 Å². The molecule has 9 heteroatoms. The van der Waals surface area contributed by atoms with Gasteiger partial charge in [0.25, 0.3) is 0 Å². The zero-order valence-corrected chi connectivity index (χ0v) is 17.6. The van der Waals surface area contributed by atoms with Crippen molar-refractivity contribution in [1.29, 1.82) is 0 Å². The molecule has 2 aromatic carbocycles. The van der Waals surface area contributed by atoms with Crippen molar-refractivity contribution in [2.24, 2.45) is 5.92 Å². The lowest BCUT2D eigenvalue weighted by Gasteiger charge is -2.17. The van der Waals surface area contributed by atoms with E-state index in [1.54, 1.807) is 0 Å². The van der Waals surface area contributed by atoms with Crippen LogP contribution in [-0.4, -0.2) is 28.2 Å². The summed E-state index contributed by atoms with van der Waals surface area (Å²) in [5.41, 5.74) is 1.60. The molecule has 6 nitrogen and oxygen atoms in total. The molecule has 1 heterocycles. The second kappa shape index (κ2) is 8.06. The summed E-state index contributed by atoms with van der Waals surface area (Å²) in [4.78, 5) is 19.7. The number of hydrogen-bond acceptors (Lipinski definition) is 5. The number of nitrogens with one attached hydrogen (secondary N) is 1. The minimum Gasteiger partial charge on any atom is -0.497 e. The molecule has 2 aliphatic rings. The minimum absolute atomic E-state index is 0.0648. The summed E-state index contributed by atoms with van der Waals surface area (Å²) >= 11 is 0. The van der Waals surface area contributed by atoms with E-state index in [-0.39, 0.29) is 17.2 Å².